The molecule has 0 aromatic carbocycles. The summed E-state index contributed by atoms with van der Waals surface area (Å²) in [6, 6.07) is 1.95. The van der Waals surface area contributed by atoms with Crippen molar-refractivity contribution in [2.24, 2.45) is 0 Å². The summed E-state index contributed by atoms with van der Waals surface area (Å²) in [7, 11) is -2.21. The molecule has 19 heavy (non-hydrogen) atoms. The summed E-state index contributed by atoms with van der Waals surface area (Å²) >= 11 is 1.58. The first kappa shape index (κ1) is 16.1. The van der Waals surface area contributed by atoms with Crippen molar-refractivity contribution in [3.63, 3.8) is 0 Å². The zero-order valence-electron chi connectivity index (χ0n) is 11.6. The molecule has 0 aliphatic rings. The normalized spacial score (nSPS) is 11.8. The molecule has 0 bridgehead atoms. The Morgan fingerprint density at radius 2 is 2.11 bits per heavy atom. The second-order valence-corrected chi connectivity index (χ2v) is 7.53. The third-order valence-electron chi connectivity index (χ3n) is 2.85. The van der Waals surface area contributed by atoms with Gasteiger partial charge >= 0.3 is 0 Å². The van der Waals surface area contributed by atoms with Crippen molar-refractivity contribution in [1.29, 1.82) is 0 Å². The number of aryl methyl sites for hydroxylation is 1. The largest absolute Gasteiger partial charge is 0.334 e. The van der Waals surface area contributed by atoms with E-state index < -0.39 is 15.8 Å². The van der Waals surface area contributed by atoms with Crippen LogP contribution in [0, 0.1) is 6.92 Å². The number of thiophene rings is 1. The van der Waals surface area contributed by atoms with E-state index in [1.807, 2.05) is 32.2 Å². The molecule has 0 aliphatic carbocycles. The Hall–Kier alpha value is -0.920. The van der Waals surface area contributed by atoms with Crippen LogP contribution in [0.2, 0.25) is 0 Å². The molecule has 7 heteroatoms. The fourth-order valence-corrected chi connectivity index (χ4v) is 3.14. The molecule has 0 spiro atoms. The number of carbonyl (C=O) groups is 1. The van der Waals surface area contributed by atoms with Crippen LogP contribution >= 0.6 is 11.3 Å². The second-order valence-electron chi connectivity index (χ2n) is 4.61. The van der Waals surface area contributed by atoms with Gasteiger partial charge in [0.1, 0.15) is 5.75 Å². The average molecular weight is 304 g/mol. The van der Waals surface area contributed by atoms with Gasteiger partial charge < -0.3 is 4.90 Å². The molecule has 5 nitrogen and oxygen atoms in total. The molecule has 1 aromatic rings. The maximum Gasteiger partial charge on any atom is 0.239 e. The van der Waals surface area contributed by atoms with Crippen molar-refractivity contribution < 1.29 is 13.2 Å². The summed E-state index contributed by atoms with van der Waals surface area (Å²) in [5, 5.41) is 1.97. The van der Waals surface area contributed by atoms with Crippen LogP contribution in [-0.2, 0) is 21.4 Å². The van der Waals surface area contributed by atoms with Crippen LogP contribution in [0.3, 0.4) is 0 Å². The van der Waals surface area contributed by atoms with E-state index >= 15 is 0 Å². The molecule has 0 fully saturated rings. The van der Waals surface area contributed by atoms with Gasteiger partial charge in [-0.3, -0.25) is 4.79 Å². The standard InChI is InChI=1S/C12H20N2O3S2/c1-9(2)14(7-11-10(3)5-6-18-11)12(15)8-19(16,17)13-4/h5-6,9,13H,7-8H2,1-4H3. The lowest BCUT2D eigenvalue weighted by molar-refractivity contribution is -0.130. The van der Waals surface area contributed by atoms with Crippen molar-refractivity contribution in [1.82, 2.24) is 9.62 Å². The lowest BCUT2D eigenvalue weighted by Crippen LogP contribution is -2.41. The number of hydrogen-bond donors (Lipinski definition) is 1. The summed E-state index contributed by atoms with van der Waals surface area (Å²) in [5.41, 5.74) is 1.12. The predicted octanol–water partition coefficient (Wildman–Crippen LogP) is 1.34. The first-order valence-electron chi connectivity index (χ1n) is 6.00. The van der Waals surface area contributed by atoms with E-state index in [0.29, 0.717) is 6.54 Å². The van der Waals surface area contributed by atoms with E-state index in [2.05, 4.69) is 4.72 Å². The first-order chi connectivity index (χ1) is 8.76. The van der Waals surface area contributed by atoms with Gasteiger partial charge in [0.25, 0.3) is 0 Å². The molecule has 0 saturated heterocycles. The Kier molecular flexibility index (Phi) is 5.51. The highest BCUT2D eigenvalue weighted by atomic mass is 32.2. The number of rotatable bonds is 6. The zero-order valence-corrected chi connectivity index (χ0v) is 13.3. The van der Waals surface area contributed by atoms with Crippen LogP contribution in [-0.4, -0.2) is 38.1 Å². The van der Waals surface area contributed by atoms with Gasteiger partial charge in [0.2, 0.25) is 15.9 Å². The summed E-state index contributed by atoms with van der Waals surface area (Å²) in [5.74, 6) is -0.885. The third-order valence-corrected chi connectivity index (χ3v) is 5.11. The second kappa shape index (κ2) is 6.49. The number of nitrogens with one attached hydrogen (secondary N) is 1. The van der Waals surface area contributed by atoms with Crippen molar-refractivity contribution in [3.05, 3.63) is 21.9 Å². The van der Waals surface area contributed by atoms with Crippen LogP contribution < -0.4 is 4.72 Å². The van der Waals surface area contributed by atoms with Crippen LogP contribution in [0.1, 0.15) is 24.3 Å². The van der Waals surface area contributed by atoms with Crippen molar-refractivity contribution in [2.45, 2.75) is 33.4 Å². The molecule has 1 heterocycles. The summed E-state index contributed by atoms with van der Waals surface area (Å²) in [4.78, 5) is 14.8. The van der Waals surface area contributed by atoms with E-state index in [1.165, 1.54) is 7.05 Å². The average Bonchev–Trinajstić information content (AvgIpc) is 2.70. The SMILES string of the molecule is CNS(=O)(=O)CC(=O)N(Cc1sccc1C)C(C)C. The van der Waals surface area contributed by atoms with Crippen LogP contribution in [0.5, 0.6) is 0 Å². The molecule has 1 amide bonds. The highest BCUT2D eigenvalue weighted by Crippen LogP contribution is 2.19. The lowest BCUT2D eigenvalue weighted by atomic mass is 10.2. The van der Waals surface area contributed by atoms with Gasteiger partial charge in [-0.2, -0.15) is 0 Å². The number of carbonyl (C=O) groups excluding carboxylic acids is 1. The fourth-order valence-electron chi connectivity index (χ4n) is 1.60. The number of nitrogens with zero attached hydrogens (tertiary/aromatic N) is 1. The van der Waals surface area contributed by atoms with Crippen molar-refractivity contribution >= 4 is 27.3 Å². The number of hydrogen-bond acceptors (Lipinski definition) is 4. The highest BCUT2D eigenvalue weighted by molar-refractivity contribution is 7.90. The summed E-state index contributed by atoms with van der Waals surface area (Å²) in [6.45, 7) is 6.21. The van der Waals surface area contributed by atoms with Crippen molar-refractivity contribution in [2.75, 3.05) is 12.8 Å². The van der Waals surface area contributed by atoms with Gasteiger partial charge in [-0.1, -0.05) is 0 Å². The Bertz CT molecular complexity index is 535. The summed E-state index contributed by atoms with van der Waals surface area (Å²) in [6.07, 6.45) is 0. The number of amides is 1. The van der Waals surface area contributed by atoms with E-state index in [4.69, 9.17) is 0 Å². The molecule has 1 aromatic heterocycles. The van der Waals surface area contributed by atoms with Gasteiger partial charge in [0, 0.05) is 10.9 Å². The Balaban J connectivity index is 2.84. The topological polar surface area (TPSA) is 66.5 Å². The van der Waals surface area contributed by atoms with E-state index in [0.717, 1.165) is 10.4 Å². The first-order valence-corrected chi connectivity index (χ1v) is 8.53. The quantitative estimate of drug-likeness (QED) is 0.862. The highest BCUT2D eigenvalue weighted by Gasteiger charge is 2.23. The minimum atomic E-state index is -3.52. The maximum atomic E-state index is 12.1. The van der Waals surface area contributed by atoms with Crippen LogP contribution in [0.4, 0.5) is 0 Å². The fraction of sp³-hybridized carbons (Fsp3) is 0.583. The summed E-state index contributed by atoms with van der Waals surface area (Å²) < 4.78 is 25.1. The minimum Gasteiger partial charge on any atom is -0.334 e. The van der Waals surface area contributed by atoms with Gasteiger partial charge in [-0.15, -0.1) is 11.3 Å². The molecule has 1 N–H and O–H groups in total. The Morgan fingerprint density at radius 3 is 2.53 bits per heavy atom. The van der Waals surface area contributed by atoms with E-state index in [1.54, 1.807) is 16.2 Å². The van der Waals surface area contributed by atoms with Crippen molar-refractivity contribution in [3.8, 4) is 0 Å². The minimum absolute atomic E-state index is 0.0407. The van der Waals surface area contributed by atoms with Gasteiger partial charge in [0.05, 0.1) is 6.54 Å². The van der Waals surface area contributed by atoms with Gasteiger partial charge in [-0.25, -0.2) is 13.1 Å². The van der Waals surface area contributed by atoms with E-state index in [9.17, 15) is 13.2 Å². The van der Waals surface area contributed by atoms with Crippen LogP contribution in [0.15, 0.2) is 11.4 Å². The molecular formula is C12H20N2O3S2. The monoisotopic (exact) mass is 304 g/mol. The smallest absolute Gasteiger partial charge is 0.239 e. The third kappa shape index (κ3) is 4.59. The number of sulfonamides is 1. The molecule has 0 unspecified atom stereocenters. The molecular weight excluding hydrogens is 284 g/mol. The van der Waals surface area contributed by atoms with E-state index in [-0.39, 0.29) is 11.9 Å². The van der Waals surface area contributed by atoms with Gasteiger partial charge in [0.15, 0.2) is 0 Å². The van der Waals surface area contributed by atoms with Crippen LogP contribution in [0.25, 0.3) is 0 Å². The molecule has 108 valence electrons. The molecule has 0 aliphatic heterocycles. The molecule has 1 rings (SSSR count). The lowest BCUT2D eigenvalue weighted by Gasteiger charge is -2.26. The predicted molar refractivity (Wildman–Crippen MR) is 77.6 cm³/mol. The molecule has 0 atom stereocenters. The maximum absolute atomic E-state index is 12.1. The van der Waals surface area contributed by atoms with Gasteiger partial charge in [-0.05, 0) is 44.8 Å². The molecule has 0 radical (unpaired) electrons. The molecule has 0 saturated carbocycles. The Labute approximate surface area is 118 Å². The zero-order chi connectivity index (χ0) is 14.6. The Morgan fingerprint density at radius 1 is 1.47 bits per heavy atom.